The fourth-order valence-electron chi connectivity index (χ4n) is 3.24. The van der Waals surface area contributed by atoms with Crippen LogP contribution < -0.4 is 0 Å². The maximum absolute atomic E-state index is 12.5. The van der Waals surface area contributed by atoms with Gasteiger partial charge in [-0.2, -0.15) is 10.2 Å². The molecule has 0 bridgehead atoms. The second kappa shape index (κ2) is 6.16. The minimum absolute atomic E-state index is 0.0572. The van der Waals surface area contributed by atoms with Crippen LogP contribution in [0.15, 0.2) is 6.20 Å². The van der Waals surface area contributed by atoms with Gasteiger partial charge in [0.1, 0.15) is 0 Å². The maximum Gasteiger partial charge on any atom is 0.223 e. The molecule has 1 amide bonds. The van der Waals surface area contributed by atoms with Crippen LogP contribution in [0.1, 0.15) is 34.6 Å². The maximum atomic E-state index is 12.5. The molecule has 3 heterocycles. The highest BCUT2D eigenvalue weighted by Gasteiger charge is 2.27. The van der Waals surface area contributed by atoms with E-state index in [9.17, 15) is 4.79 Å². The highest BCUT2D eigenvalue weighted by molar-refractivity contribution is 5.77. The van der Waals surface area contributed by atoms with Crippen LogP contribution in [-0.4, -0.2) is 42.1 Å². The van der Waals surface area contributed by atoms with E-state index in [1.807, 2.05) is 30.5 Å². The largest absolute Gasteiger partial charge is 0.394 e. The van der Waals surface area contributed by atoms with E-state index in [0.717, 1.165) is 29.1 Å². The van der Waals surface area contributed by atoms with Gasteiger partial charge in [-0.05, 0) is 25.8 Å². The fraction of sp³-hybridized carbons (Fsp3) is 0.562. The lowest BCUT2D eigenvalue weighted by Crippen LogP contribution is -2.26. The third-order valence-corrected chi connectivity index (χ3v) is 4.65. The predicted molar refractivity (Wildman–Crippen MR) is 84.6 cm³/mol. The summed E-state index contributed by atoms with van der Waals surface area (Å²) in [5.74, 6) is 0.152. The van der Waals surface area contributed by atoms with E-state index in [-0.39, 0.29) is 12.5 Å². The molecule has 3 rings (SSSR count). The van der Waals surface area contributed by atoms with Gasteiger partial charge in [-0.25, -0.2) is 0 Å². The van der Waals surface area contributed by atoms with Crippen molar-refractivity contribution in [3.05, 3.63) is 34.4 Å². The van der Waals surface area contributed by atoms with Crippen molar-refractivity contribution in [1.82, 2.24) is 24.5 Å². The summed E-state index contributed by atoms with van der Waals surface area (Å²) in [6.45, 7) is 5.76. The summed E-state index contributed by atoms with van der Waals surface area (Å²) in [5.41, 5.74) is 5.42. The van der Waals surface area contributed by atoms with Crippen LogP contribution in [0.3, 0.4) is 0 Å². The summed E-state index contributed by atoms with van der Waals surface area (Å²) in [6, 6.07) is 0. The molecular weight excluding hydrogens is 294 g/mol. The summed E-state index contributed by atoms with van der Waals surface area (Å²) >= 11 is 0. The van der Waals surface area contributed by atoms with Crippen LogP contribution in [0.2, 0.25) is 0 Å². The van der Waals surface area contributed by atoms with Gasteiger partial charge in [0.2, 0.25) is 5.91 Å². The Bertz CT molecular complexity index is 731. The van der Waals surface area contributed by atoms with Gasteiger partial charge in [0.15, 0.2) is 0 Å². The molecule has 0 unspecified atom stereocenters. The first-order valence-corrected chi connectivity index (χ1v) is 7.92. The zero-order chi connectivity index (χ0) is 16.6. The number of fused-ring (bicyclic) bond motifs is 1. The van der Waals surface area contributed by atoms with Crippen LogP contribution in [-0.2, 0) is 37.9 Å². The van der Waals surface area contributed by atoms with Crippen molar-refractivity contribution < 1.29 is 9.90 Å². The summed E-state index contributed by atoms with van der Waals surface area (Å²) in [6.07, 6.45) is 3.01. The predicted octanol–water partition coefficient (Wildman–Crippen LogP) is 0.701. The van der Waals surface area contributed by atoms with Crippen LogP contribution in [0.4, 0.5) is 0 Å². The number of nitrogens with zero attached hydrogens (tertiary/aromatic N) is 5. The Morgan fingerprint density at radius 2 is 2.13 bits per heavy atom. The number of aromatic nitrogens is 4. The molecule has 2 aromatic rings. The smallest absolute Gasteiger partial charge is 0.223 e. The van der Waals surface area contributed by atoms with Gasteiger partial charge in [0.05, 0.1) is 37.3 Å². The second-order valence-electron chi connectivity index (χ2n) is 6.09. The first-order valence-electron chi connectivity index (χ1n) is 7.92. The number of aliphatic hydroxyl groups is 1. The summed E-state index contributed by atoms with van der Waals surface area (Å²) in [5, 5.41) is 17.7. The lowest BCUT2D eigenvalue weighted by Gasteiger charge is -2.16. The molecule has 0 radical (unpaired) electrons. The lowest BCUT2D eigenvalue weighted by atomic mass is 10.1. The van der Waals surface area contributed by atoms with E-state index >= 15 is 0 Å². The van der Waals surface area contributed by atoms with Gasteiger partial charge < -0.3 is 10.0 Å². The molecule has 0 aromatic carbocycles. The van der Waals surface area contributed by atoms with Crippen molar-refractivity contribution in [2.45, 2.75) is 46.3 Å². The molecule has 0 fully saturated rings. The van der Waals surface area contributed by atoms with E-state index in [1.165, 1.54) is 5.56 Å². The van der Waals surface area contributed by atoms with Crippen LogP contribution in [0, 0.1) is 13.8 Å². The molecule has 1 aliphatic rings. The van der Waals surface area contributed by atoms with Gasteiger partial charge in [0, 0.05) is 31.3 Å². The Morgan fingerprint density at radius 3 is 2.78 bits per heavy atom. The summed E-state index contributed by atoms with van der Waals surface area (Å²) in [4.78, 5) is 14.4. The Kier molecular flexibility index (Phi) is 4.21. The van der Waals surface area contributed by atoms with Gasteiger partial charge in [-0.15, -0.1) is 0 Å². The quantitative estimate of drug-likeness (QED) is 0.881. The summed E-state index contributed by atoms with van der Waals surface area (Å²) < 4.78 is 3.66. The lowest BCUT2D eigenvalue weighted by molar-refractivity contribution is -0.131. The van der Waals surface area contributed by atoms with E-state index in [2.05, 4.69) is 10.2 Å². The van der Waals surface area contributed by atoms with Gasteiger partial charge in [-0.3, -0.25) is 14.2 Å². The normalized spacial score (nSPS) is 13.7. The average molecular weight is 317 g/mol. The number of carbonyl (C=O) groups is 1. The van der Waals surface area contributed by atoms with Crippen molar-refractivity contribution in [2.75, 3.05) is 6.61 Å². The SMILES string of the molecule is Cc1nn(C)c(C)c1CCC(=O)N1Cc2cnn(CCO)c2C1. The molecule has 2 aromatic heterocycles. The molecule has 0 saturated carbocycles. The molecule has 1 N–H and O–H groups in total. The Balaban J connectivity index is 1.62. The number of aliphatic hydroxyl groups excluding tert-OH is 1. The molecule has 0 saturated heterocycles. The Hall–Kier alpha value is -2.15. The molecule has 0 atom stereocenters. The number of amides is 1. The third-order valence-electron chi connectivity index (χ3n) is 4.65. The Morgan fingerprint density at radius 1 is 1.35 bits per heavy atom. The molecule has 0 spiro atoms. The number of aryl methyl sites for hydroxylation is 2. The van der Waals surface area contributed by atoms with Gasteiger partial charge in [-0.1, -0.05) is 0 Å². The average Bonchev–Trinajstić information content (AvgIpc) is 3.15. The highest BCUT2D eigenvalue weighted by Crippen LogP contribution is 2.24. The van der Waals surface area contributed by atoms with Crippen molar-refractivity contribution in [3.8, 4) is 0 Å². The van der Waals surface area contributed by atoms with Gasteiger partial charge >= 0.3 is 0 Å². The number of rotatable bonds is 5. The number of hydrogen-bond acceptors (Lipinski definition) is 4. The molecule has 7 heteroatoms. The highest BCUT2D eigenvalue weighted by atomic mass is 16.3. The molecule has 23 heavy (non-hydrogen) atoms. The van der Waals surface area contributed by atoms with Crippen molar-refractivity contribution in [3.63, 3.8) is 0 Å². The summed E-state index contributed by atoms with van der Waals surface area (Å²) in [7, 11) is 1.93. The molecular formula is C16H23N5O2. The zero-order valence-corrected chi connectivity index (χ0v) is 13.9. The molecule has 124 valence electrons. The first-order chi connectivity index (χ1) is 11.0. The van der Waals surface area contributed by atoms with E-state index in [1.54, 1.807) is 10.9 Å². The van der Waals surface area contributed by atoms with Crippen LogP contribution in [0.5, 0.6) is 0 Å². The van der Waals surface area contributed by atoms with Crippen molar-refractivity contribution >= 4 is 5.91 Å². The topological polar surface area (TPSA) is 76.2 Å². The van der Waals surface area contributed by atoms with Gasteiger partial charge in [0.25, 0.3) is 0 Å². The standard InChI is InChI=1S/C16H23N5O2/c1-11-14(12(2)19(3)18-11)4-5-16(23)20-9-13-8-17-21(6-7-22)15(13)10-20/h8,22H,4-7,9-10H2,1-3H3. The number of hydrogen-bond donors (Lipinski definition) is 1. The van der Waals surface area contributed by atoms with Crippen LogP contribution in [0.25, 0.3) is 0 Å². The van der Waals surface area contributed by atoms with Crippen molar-refractivity contribution in [1.29, 1.82) is 0 Å². The van der Waals surface area contributed by atoms with E-state index in [0.29, 0.717) is 26.1 Å². The minimum Gasteiger partial charge on any atom is -0.394 e. The molecule has 0 aliphatic carbocycles. The third kappa shape index (κ3) is 2.88. The van der Waals surface area contributed by atoms with E-state index < -0.39 is 0 Å². The van der Waals surface area contributed by atoms with E-state index in [4.69, 9.17) is 5.11 Å². The second-order valence-corrected chi connectivity index (χ2v) is 6.09. The monoisotopic (exact) mass is 317 g/mol. The molecule has 7 nitrogen and oxygen atoms in total. The minimum atomic E-state index is 0.0572. The zero-order valence-electron chi connectivity index (χ0n) is 13.9. The number of carbonyl (C=O) groups excluding carboxylic acids is 1. The van der Waals surface area contributed by atoms with Crippen LogP contribution >= 0.6 is 0 Å². The molecule has 1 aliphatic heterocycles. The Labute approximate surface area is 135 Å². The van der Waals surface area contributed by atoms with Crippen molar-refractivity contribution in [2.24, 2.45) is 7.05 Å². The first kappa shape index (κ1) is 15.7. The fourth-order valence-corrected chi connectivity index (χ4v) is 3.24.